The molecule has 2 rings (SSSR count). The molecule has 0 aromatic carbocycles. The molecule has 1 aliphatic carbocycles. The van der Waals surface area contributed by atoms with E-state index in [4.69, 9.17) is 5.73 Å². The highest BCUT2D eigenvalue weighted by Crippen LogP contribution is 2.33. The van der Waals surface area contributed by atoms with Crippen LogP contribution < -0.4 is 11.1 Å². The lowest BCUT2D eigenvalue weighted by Gasteiger charge is -2.11. The number of hydrogen-bond donors (Lipinski definition) is 2. The highest BCUT2D eigenvalue weighted by atomic mass is 79.9. The van der Waals surface area contributed by atoms with Gasteiger partial charge in [0.1, 0.15) is 0 Å². The second-order valence-corrected chi connectivity index (χ2v) is 4.96. The minimum absolute atomic E-state index is 0.000567. The summed E-state index contributed by atoms with van der Waals surface area (Å²) in [4.78, 5) is 15.6. The van der Waals surface area contributed by atoms with Crippen molar-refractivity contribution in [3.05, 3.63) is 22.9 Å². The summed E-state index contributed by atoms with van der Waals surface area (Å²) in [6.07, 6.45) is 6.00. The summed E-state index contributed by atoms with van der Waals surface area (Å²) in [5.41, 5.74) is 6.63. The third-order valence-electron chi connectivity index (χ3n) is 2.70. The van der Waals surface area contributed by atoms with Gasteiger partial charge in [0.15, 0.2) is 0 Å². The molecule has 3 N–H and O–H groups in total. The van der Waals surface area contributed by atoms with E-state index >= 15 is 0 Å². The number of carbonyl (C=O) groups is 1. The zero-order chi connectivity index (χ0) is 11.5. The van der Waals surface area contributed by atoms with Crippen LogP contribution in [0.25, 0.3) is 0 Å². The van der Waals surface area contributed by atoms with Gasteiger partial charge < -0.3 is 11.1 Å². The molecule has 1 aromatic rings. The standard InChI is InChI=1S/C11H14BrN3O/c12-8-6-14-4-3-10(8)15-11(16)5-9(13)7-1-2-7/h3-4,6-7,9H,1-2,5,13H2,(H,14,15,16). The van der Waals surface area contributed by atoms with E-state index in [1.165, 1.54) is 0 Å². The van der Waals surface area contributed by atoms with Crippen LogP contribution in [0.2, 0.25) is 0 Å². The van der Waals surface area contributed by atoms with Gasteiger partial charge in [-0.1, -0.05) is 0 Å². The predicted molar refractivity (Wildman–Crippen MR) is 65.9 cm³/mol. The van der Waals surface area contributed by atoms with Gasteiger partial charge in [0, 0.05) is 24.9 Å². The minimum Gasteiger partial charge on any atom is -0.327 e. The fraction of sp³-hybridized carbons (Fsp3) is 0.455. The molecule has 16 heavy (non-hydrogen) atoms. The molecule has 1 saturated carbocycles. The van der Waals surface area contributed by atoms with Crippen molar-refractivity contribution in [3.63, 3.8) is 0 Å². The lowest BCUT2D eigenvalue weighted by molar-refractivity contribution is -0.116. The molecule has 1 heterocycles. The van der Waals surface area contributed by atoms with Crippen LogP contribution in [-0.4, -0.2) is 16.9 Å². The van der Waals surface area contributed by atoms with Crippen molar-refractivity contribution < 1.29 is 4.79 Å². The number of hydrogen-bond acceptors (Lipinski definition) is 3. The molecular formula is C11H14BrN3O. The third-order valence-corrected chi connectivity index (χ3v) is 3.33. The topological polar surface area (TPSA) is 68.0 Å². The Morgan fingerprint density at radius 3 is 3.06 bits per heavy atom. The number of halogens is 1. The van der Waals surface area contributed by atoms with E-state index in [1.807, 2.05) is 0 Å². The number of anilines is 1. The molecule has 1 unspecified atom stereocenters. The fourth-order valence-corrected chi connectivity index (χ4v) is 1.93. The third kappa shape index (κ3) is 3.02. The molecule has 4 nitrogen and oxygen atoms in total. The van der Waals surface area contributed by atoms with Gasteiger partial charge in [-0.25, -0.2) is 0 Å². The lowest BCUT2D eigenvalue weighted by atomic mass is 10.1. The van der Waals surface area contributed by atoms with Crippen molar-refractivity contribution in [3.8, 4) is 0 Å². The van der Waals surface area contributed by atoms with Gasteiger partial charge in [-0.2, -0.15) is 0 Å². The molecule has 0 bridgehead atoms. The van der Waals surface area contributed by atoms with Gasteiger partial charge >= 0.3 is 0 Å². The number of amides is 1. The highest BCUT2D eigenvalue weighted by molar-refractivity contribution is 9.10. The highest BCUT2D eigenvalue weighted by Gasteiger charge is 2.29. The maximum Gasteiger partial charge on any atom is 0.225 e. The molecule has 0 radical (unpaired) electrons. The van der Waals surface area contributed by atoms with Gasteiger partial charge in [0.2, 0.25) is 5.91 Å². The van der Waals surface area contributed by atoms with Crippen LogP contribution in [0.15, 0.2) is 22.9 Å². The summed E-state index contributed by atoms with van der Waals surface area (Å²) in [5.74, 6) is 0.512. The van der Waals surface area contributed by atoms with Crippen LogP contribution in [0, 0.1) is 5.92 Å². The fourth-order valence-electron chi connectivity index (χ4n) is 1.58. The Morgan fingerprint density at radius 1 is 1.69 bits per heavy atom. The van der Waals surface area contributed by atoms with Crippen LogP contribution in [-0.2, 0) is 4.79 Å². The number of rotatable bonds is 4. The summed E-state index contributed by atoms with van der Waals surface area (Å²) in [6.45, 7) is 0. The van der Waals surface area contributed by atoms with Crippen LogP contribution in [0.5, 0.6) is 0 Å². The van der Waals surface area contributed by atoms with E-state index < -0.39 is 0 Å². The number of carbonyl (C=O) groups excluding carboxylic acids is 1. The Morgan fingerprint density at radius 2 is 2.44 bits per heavy atom. The minimum atomic E-state index is -0.0358. The summed E-state index contributed by atoms with van der Waals surface area (Å²) in [7, 11) is 0. The number of pyridine rings is 1. The number of nitrogens with zero attached hydrogens (tertiary/aromatic N) is 1. The molecule has 86 valence electrons. The Kier molecular flexibility index (Phi) is 3.56. The molecule has 1 fully saturated rings. The summed E-state index contributed by atoms with van der Waals surface area (Å²) >= 11 is 3.32. The maximum absolute atomic E-state index is 11.7. The molecule has 1 atom stereocenters. The van der Waals surface area contributed by atoms with E-state index in [0.717, 1.165) is 23.0 Å². The first-order valence-corrected chi connectivity index (χ1v) is 6.11. The lowest BCUT2D eigenvalue weighted by Crippen LogP contribution is -2.28. The molecule has 5 heteroatoms. The van der Waals surface area contributed by atoms with Crippen molar-refractivity contribution in [1.82, 2.24) is 4.98 Å². The first-order chi connectivity index (χ1) is 7.66. The van der Waals surface area contributed by atoms with E-state index in [0.29, 0.717) is 12.3 Å². The smallest absolute Gasteiger partial charge is 0.225 e. The van der Waals surface area contributed by atoms with Gasteiger partial charge in [-0.05, 0) is 40.8 Å². The Hall–Kier alpha value is -0.940. The van der Waals surface area contributed by atoms with Crippen molar-refractivity contribution >= 4 is 27.5 Å². The maximum atomic E-state index is 11.7. The number of nitrogens with two attached hydrogens (primary N) is 1. The van der Waals surface area contributed by atoms with E-state index in [2.05, 4.69) is 26.2 Å². The van der Waals surface area contributed by atoms with Gasteiger partial charge in [0.25, 0.3) is 0 Å². The zero-order valence-electron chi connectivity index (χ0n) is 8.82. The molecule has 0 aliphatic heterocycles. The van der Waals surface area contributed by atoms with Crippen molar-refractivity contribution in [1.29, 1.82) is 0 Å². The molecule has 0 spiro atoms. The largest absolute Gasteiger partial charge is 0.327 e. The average Bonchev–Trinajstić information content (AvgIpc) is 3.04. The molecule has 0 saturated heterocycles. The van der Waals surface area contributed by atoms with E-state index in [-0.39, 0.29) is 11.9 Å². The van der Waals surface area contributed by atoms with Crippen LogP contribution in [0.1, 0.15) is 19.3 Å². The molecular weight excluding hydrogens is 270 g/mol. The summed E-state index contributed by atoms with van der Waals surface area (Å²) < 4.78 is 0.781. The first kappa shape index (κ1) is 11.5. The summed E-state index contributed by atoms with van der Waals surface area (Å²) in [6, 6.07) is 1.76. The van der Waals surface area contributed by atoms with Crippen LogP contribution >= 0.6 is 15.9 Å². The zero-order valence-corrected chi connectivity index (χ0v) is 10.4. The Bertz CT molecular complexity index is 393. The Balaban J connectivity index is 1.89. The van der Waals surface area contributed by atoms with Crippen molar-refractivity contribution in [2.45, 2.75) is 25.3 Å². The quantitative estimate of drug-likeness (QED) is 0.887. The molecule has 1 aromatic heterocycles. The SMILES string of the molecule is NC(CC(=O)Nc1ccncc1Br)C1CC1. The van der Waals surface area contributed by atoms with Crippen molar-refractivity contribution in [2.24, 2.45) is 11.7 Å². The second-order valence-electron chi connectivity index (χ2n) is 4.11. The second kappa shape index (κ2) is 4.93. The van der Waals surface area contributed by atoms with Crippen LogP contribution in [0.4, 0.5) is 5.69 Å². The van der Waals surface area contributed by atoms with Crippen LogP contribution in [0.3, 0.4) is 0 Å². The van der Waals surface area contributed by atoms with Gasteiger partial charge in [-0.15, -0.1) is 0 Å². The summed E-state index contributed by atoms with van der Waals surface area (Å²) in [5, 5.41) is 2.82. The monoisotopic (exact) mass is 283 g/mol. The molecule has 1 amide bonds. The van der Waals surface area contributed by atoms with Crippen molar-refractivity contribution in [2.75, 3.05) is 5.32 Å². The van der Waals surface area contributed by atoms with E-state index in [9.17, 15) is 4.79 Å². The Labute approximate surface area is 103 Å². The predicted octanol–water partition coefficient (Wildman–Crippen LogP) is 1.91. The average molecular weight is 284 g/mol. The number of aromatic nitrogens is 1. The van der Waals surface area contributed by atoms with Gasteiger partial charge in [0.05, 0.1) is 10.2 Å². The van der Waals surface area contributed by atoms with Gasteiger partial charge in [-0.3, -0.25) is 9.78 Å². The normalized spacial score (nSPS) is 16.9. The molecule has 1 aliphatic rings. The van der Waals surface area contributed by atoms with E-state index in [1.54, 1.807) is 18.5 Å². The first-order valence-electron chi connectivity index (χ1n) is 5.32. The number of nitrogens with one attached hydrogen (secondary N) is 1.